The molecule has 1 heterocycles. The number of carbonyl (C=O) groups excluding carboxylic acids is 2. The van der Waals surface area contributed by atoms with Crippen molar-refractivity contribution in [1.29, 1.82) is 0 Å². The first-order valence-electron chi connectivity index (χ1n) is 6.47. The minimum atomic E-state index is -0.259. The van der Waals surface area contributed by atoms with E-state index in [1.54, 1.807) is 0 Å². The lowest BCUT2D eigenvalue weighted by Gasteiger charge is -2.37. The van der Waals surface area contributed by atoms with Crippen LogP contribution in [0.1, 0.15) is 31.9 Å². The van der Waals surface area contributed by atoms with E-state index in [-0.39, 0.29) is 30.4 Å². The number of imide groups is 1. The first-order chi connectivity index (χ1) is 9.02. The molecule has 3 N–H and O–H groups in total. The third-order valence-corrected chi connectivity index (χ3v) is 3.59. The summed E-state index contributed by atoms with van der Waals surface area (Å²) in [4.78, 5) is 25.3. The Morgan fingerprint density at radius 1 is 1.37 bits per heavy atom. The van der Waals surface area contributed by atoms with Crippen LogP contribution in [0.4, 0.5) is 5.69 Å². The van der Waals surface area contributed by atoms with Gasteiger partial charge in [0.05, 0.1) is 12.6 Å². The number of nitrogens with two attached hydrogens (primary N) is 1. The predicted molar refractivity (Wildman–Crippen MR) is 73.2 cm³/mol. The number of amides is 2. The van der Waals surface area contributed by atoms with Gasteiger partial charge in [-0.3, -0.25) is 19.8 Å². The van der Waals surface area contributed by atoms with Crippen LogP contribution in [-0.4, -0.2) is 29.3 Å². The Morgan fingerprint density at radius 2 is 2.00 bits per heavy atom. The highest BCUT2D eigenvalue weighted by Gasteiger charge is 2.35. The molecule has 102 valence electrons. The minimum Gasteiger partial charge on any atom is -0.399 e. The molecule has 2 atom stereocenters. The van der Waals surface area contributed by atoms with Crippen molar-refractivity contribution in [2.24, 2.45) is 0 Å². The van der Waals surface area contributed by atoms with E-state index in [0.29, 0.717) is 12.1 Å². The number of hydrogen-bond donors (Lipinski definition) is 2. The van der Waals surface area contributed by atoms with Crippen LogP contribution in [0.3, 0.4) is 0 Å². The van der Waals surface area contributed by atoms with Gasteiger partial charge >= 0.3 is 0 Å². The van der Waals surface area contributed by atoms with Gasteiger partial charge in [0.1, 0.15) is 0 Å². The fraction of sp³-hybridized carbons (Fsp3) is 0.429. The Labute approximate surface area is 112 Å². The minimum absolute atomic E-state index is 0.000509. The topological polar surface area (TPSA) is 75.4 Å². The Bertz CT molecular complexity index is 484. The molecule has 1 aromatic rings. The fourth-order valence-corrected chi connectivity index (χ4v) is 2.48. The van der Waals surface area contributed by atoms with E-state index in [2.05, 4.69) is 5.32 Å². The first-order valence-corrected chi connectivity index (χ1v) is 6.47. The molecule has 2 unspecified atom stereocenters. The number of nitrogen functional groups attached to an aromatic ring is 1. The van der Waals surface area contributed by atoms with Crippen molar-refractivity contribution in [2.45, 2.75) is 32.4 Å². The Balaban J connectivity index is 2.24. The Kier molecular flexibility index (Phi) is 3.85. The van der Waals surface area contributed by atoms with Crippen molar-refractivity contribution in [1.82, 2.24) is 10.2 Å². The summed E-state index contributed by atoms with van der Waals surface area (Å²) in [5.74, 6) is -0.446. The van der Waals surface area contributed by atoms with Crippen LogP contribution in [0.2, 0.25) is 0 Å². The molecule has 1 aliphatic heterocycles. The van der Waals surface area contributed by atoms with Crippen molar-refractivity contribution in [2.75, 3.05) is 12.3 Å². The molecule has 0 spiro atoms. The van der Waals surface area contributed by atoms with E-state index in [1.165, 1.54) is 0 Å². The van der Waals surface area contributed by atoms with Gasteiger partial charge in [-0.1, -0.05) is 19.1 Å². The van der Waals surface area contributed by atoms with Gasteiger partial charge in [-0.25, -0.2) is 0 Å². The third-order valence-electron chi connectivity index (χ3n) is 3.59. The number of nitrogens with one attached hydrogen (secondary N) is 1. The van der Waals surface area contributed by atoms with Crippen molar-refractivity contribution in [3.8, 4) is 0 Å². The summed E-state index contributed by atoms with van der Waals surface area (Å²) < 4.78 is 0. The molecule has 19 heavy (non-hydrogen) atoms. The second kappa shape index (κ2) is 5.40. The third kappa shape index (κ3) is 2.76. The normalized spacial score (nSPS) is 22.1. The number of benzene rings is 1. The standard InChI is InChI=1S/C14H19N3O2/c1-3-12-14(19)16-13(18)8-17(12)9(2)10-4-6-11(15)7-5-10/h4-7,9,12H,3,8,15H2,1-2H3,(H,16,18,19). The molecule has 2 amide bonds. The summed E-state index contributed by atoms with van der Waals surface area (Å²) in [5.41, 5.74) is 7.43. The first kappa shape index (κ1) is 13.5. The summed E-state index contributed by atoms with van der Waals surface area (Å²) in [6, 6.07) is 7.27. The van der Waals surface area contributed by atoms with Crippen molar-refractivity contribution < 1.29 is 9.59 Å². The second-order valence-electron chi connectivity index (χ2n) is 4.85. The van der Waals surface area contributed by atoms with E-state index < -0.39 is 0 Å². The molecule has 5 heteroatoms. The molecule has 0 aliphatic carbocycles. The summed E-state index contributed by atoms with van der Waals surface area (Å²) in [6.45, 7) is 4.19. The van der Waals surface area contributed by atoms with Crippen LogP contribution < -0.4 is 11.1 Å². The molecule has 1 fully saturated rings. The second-order valence-corrected chi connectivity index (χ2v) is 4.85. The number of nitrogens with zero attached hydrogens (tertiary/aromatic N) is 1. The largest absolute Gasteiger partial charge is 0.399 e. The molecular weight excluding hydrogens is 242 g/mol. The quantitative estimate of drug-likeness (QED) is 0.630. The molecule has 2 rings (SSSR count). The van der Waals surface area contributed by atoms with Gasteiger partial charge < -0.3 is 5.73 Å². The lowest BCUT2D eigenvalue weighted by atomic mass is 10.0. The van der Waals surface area contributed by atoms with Gasteiger partial charge in [0.15, 0.2) is 0 Å². The van der Waals surface area contributed by atoms with Gasteiger partial charge in [-0.05, 0) is 31.0 Å². The van der Waals surface area contributed by atoms with Gasteiger partial charge in [0, 0.05) is 11.7 Å². The van der Waals surface area contributed by atoms with Crippen LogP contribution in [-0.2, 0) is 9.59 Å². The zero-order valence-corrected chi connectivity index (χ0v) is 11.2. The lowest BCUT2D eigenvalue weighted by molar-refractivity contribution is -0.141. The maximum atomic E-state index is 11.8. The average molecular weight is 261 g/mol. The van der Waals surface area contributed by atoms with Gasteiger partial charge in [0.25, 0.3) is 0 Å². The number of hydrogen-bond acceptors (Lipinski definition) is 4. The highest BCUT2D eigenvalue weighted by Crippen LogP contribution is 2.25. The number of carbonyl (C=O) groups is 2. The summed E-state index contributed by atoms with van der Waals surface area (Å²) in [5, 5.41) is 2.39. The molecule has 0 saturated carbocycles. The Morgan fingerprint density at radius 3 is 2.58 bits per heavy atom. The monoisotopic (exact) mass is 261 g/mol. The molecule has 5 nitrogen and oxygen atoms in total. The van der Waals surface area contributed by atoms with Crippen LogP contribution >= 0.6 is 0 Å². The molecule has 0 bridgehead atoms. The molecule has 1 aromatic carbocycles. The van der Waals surface area contributed by atoms with E-state index in [9.17, 15) is 9.59 Å². The van der Waals surface area contributed by atoms with Gasteiger partial charge in [0.2, 0.25) is 11.8 Å². The van der Waals surface area contributed by atoms with E-state index in [1.807, 2.05) is 43.0 Å². The van der Waals surface area contributed by atoms with Crippen LogP contribution in [0.5, 0.6) is 0 Å². The maximum absolute atomic E-state index is 11.8. The summed E-state index contributed by atoms with van der Waals surface area (Å²) in [6.07, 6.45) is 0.679. The zero-order valence-electron chi connectivity index (χ0n) is 11.2. The van der Waals surface area contributed by atoms with Crippen LogP contribution in [0.25, 0.3) is 0 Å². The lowest BCUT2D eigenvalue weighted by Crippen LogP contribution is -2.58. The van der Waals surface area contributed by atoms with Gasteiger partial charge in [-0.2, -0.15) is 0 Å². The van der Waals surface area contributed by atoms with E-state index in [4.69, 9.17) is 5.73 Å². The SMILES string of the molecule is CCC1C(=O)NC(=O)CN1C(C)c1ccc(N)cc1. The zero-order chi connectivity index (χ0) is 14.0. The molecule has 0 aromatic heterocycles. The highest BCUT2D eigenvalue weighted by molar-refractivity contribution is 6.01. The van der Waals surface area contributed by atoms with Crippen molar-refractivity contribution in [3.05, 3.63) is 29.8 Å². The highest BCUT2D eigenvalue weighted by atomic mass is 16.2. The number of anilines is 1. The summed E-state index contributed by atoms with van der Waals surface area (Å²) in [7, 11) is 0. The molecule has 0 radical (unpaired) electrons. The van der Waals surface area contributed by atoms with Crippen LogP contribution in [0.15, 0.2) is 24.3 Å². The molecular formula is C14H19N3O2. The van der Waals surface area contributed by atoms with Crippen molar-refractivity contribution >= 4 is 17.5 Å². The predicted octanol–water partition coefficient (Wildman–Crippen LogP) is 1.07. The van der Waals surface area contributed by atoms with E-state index >= 15 is 0 Å². The fourth-order valence-electron chi connectivity index (χ4n) is 2.48. The maximum Gasteiger partial charge on any atom is 0.243 e. The van der Waals surface area contributed by atoms with Crippen molar-refractivity contribution in [3.63, 3.8) is 0 Å². The van der Waals surface area contributed by atoms with Crippen LogP contribution in [0, 0.1) is 0 Å². The number of piperazine rings is 1. The molecule has 1 aliphatic rings. The van der Waals surface area contributed by atoms with E-state index in [0.717, 1.165) is 5.56 Å². The smallest absolute Gasteiger partial charge is 0.243 e. The summed E-state index contributed by atoms with van der Waals surface area (Å²) >= 11 is 0. The van der Waals surface area contributed by atoms with Gasteiger partial charge in [-0.15, -0.1) is 0 Å². The molecule has 1 saturated heterocycles. The number of rotatable bonds is 3. The average Bonchev–Trinajstić information content (AvgIpc) is 2.38. The Hall–Kier alpha value is -1.88.